The molecular formula is C22H20F3N5O2S. The number of aromatic nitrogens is 2. The van der Waals surface area contributed by atoms with Crippen molar-refractivity contribution in [3.8, 4) is 17.0 Å². The summed E-state index contributed by atoms with van der Waals surface area (Å²) in [6, 6.07) is 5.93. The van der Waals surface area contributed by atoms with Gasteiger partial charge in [-0.05, 0) is 42.7 Å². The van der Waals surface area contributed by atoms with E-state index in [1.54, 1.807) is 0 Å². The summed E-state index contributed by atoms with van der Waals surface area (Å²) in [5.41, 5.74) is 1.06. The number of aliphatic hydroxyl groups is 1. The first-order valence-electron chi connectivity index (χ1n) is 9.82. The molecule has 3 N–H and O–H groups in total. The molecule has 172 valence electrons. The van der Waals surface area contributed by atoms with Crippen LogP contribution in [0.4, 0.5) is 30.5 Å². The fourth-order valence-electron chi connectivity index (χ4n) is 3.20. The number of anilines is 2. The molecule has 11 heteroatoms. The van der Waals surface area contributed by atoms with E-state index in [1.807, 2.05) is 0 Å². The Kier molecular flexibility index (Phi) is 8.01. The Labute approximate surface area is 193 Å². The number of ether oxygens (including phenoxy) is 1. The van der Waals surface area contributed by atoms with Gasteiger partial charge in [-0.3, -0.25) is 0 Å². The van der Waals surface area contributed by atoms with Crippen molar-refractivity contribution in [2.45, 2.75) is 19.3 Å². The van der Waals surface area contributed by atoms with E-state index in [9.17, 15) is 13.2 Å². The second kappa shape index (κ2) is 10.9. The third-order valence-corrected chi connectivity index (χ3v) is 4.88. The van der Waals surface area contributed by atoms with Crippen molar-refractivity contribution in [1.82, 2.24) is 9.97 Å². The highest BCUT2D eigenvalue weighted by Gasteiger charge is 2.17. The first-order valence-corrected chi connectivity index (χ1v) is 10.2. The Hall–Kier alpha value is -3.44. The predicted molar refractivity (Wildman–Crippen MR) is 121 cm³/mol. The lowest BCUT2D eigenvalue weighted by Crippen LogP contribution is -2.06. The summed E-state index contributed by atoms with van der Waals surface area (Å²) < 4.78 is 51.3. The molecule has 3 aromatic rings. The molecule has 0 unspecified atom stereocenters. The lowest BCUT2D eigenvalue weighted by atomic mass is 10.0. The SMILES string of the molecule is COc1cc(F)ccc1-c1nc(Nc2cc(F)cc(CC(=N)CCCO)c2N=S)ncc1F. The molecule has 0 aliphatic rings. The van der Waals surface area contributed by atoms with Crippen molar-refractivity contribution < 1.29 is 23.0 Å². The molecule has 7 nitrogen and oxygen atoms in total. The normalized spacial score (nSPS) is 10.7. The number of halogens is 3. The first kappa shape index (κ1) is 24.2. The van der Waals surface area contributed by atoms with Crippen molar-refractivity contribution in [2.75, 3.05) is 19.0 Å². The second-order valence-electron chi connectivity index (χ2n) is 7.02. The van der Waals surface area contributed by atoms with Crippen LogP contribution in [0.1, 0.15) is 18.4 Å². The summed E-state index contributed by atoms with van der Waals surface area (Å²) in [5, 5.41) is 19.8. The minimum atomic E-state index is -0.768. The molecule has 0 radical (unpaired) electrons. The van der Waals surface area contributed by atoms with Gasteiger partial charge in [0.15, 0.2) is 5.82 Å². The molecule has 3 rings (SSSR count). The molecule has 0 saturated carbocycles. The Balaban J connectivity index is 1.98. The van der Waals surface area contributed by atoms with Gasteiger partial charge in [-0.15, -0.1) is 0 Å². The number of hydrogen-bond acceptors (Lipinski definition) is 8. The van der Waals surface area contributed by atoms with Gasteiger partial charge in [0.1, 0.15) is 28.8 Å². The lowest BCUT2D eigenvalue weighted by molar-refractivity contribution is 0.291. The van der Waals surface area contributed by atoms with Gasteiger partial charge in [0.2, 0.25) is 5.95 Å². The van der Waals surface area contributed by atoms with Crippen LogP contribution >= 0.6 is 0 Å². The molecule has 0 atom stereocenters. The summed E-state index contributed by atoms with van der Waals surface area (Å²) >= 11 is 4.86. The Morgan fingerprint density at radius 1 is 1.21 bits per heavy atom. The molecule has 0 aliphatic carbocycles. The third-order valence-electron chi connectivity index (χ3n) is 4.69. The van der Waals surface area contributed by atoms with Crippen LogP contribution in [0, 0.1) is 22.9 Å². The average molecular weight is 475 g/mol. The zero-order valence-corrected chi connectivity index (χ0v) is 18.3. The van der Waals surface area contributed by atoms with Crippen LogP contribution < -0.4 is 10.1 Å². The Bertz CT molecular complexity index is 1190. The van der Waals surface area contributed by atoms with Crippen LogP contribution in [0.2, 0.25) is 0 Å². The Morgan fingerprint density at radius 2 is 2.00 bits per heavy atom. The highest BCUT2D eigenvalue weighted by atomic mass is 32.1. The van der Waals surface area contributed by atoms with Crippen LogP contribution in [0.5, 0.6) is 5.75 Å². The molecule has 1 heterocycles. The number of benzene rings is 2. The lowest BCUT2D eigenvalue weighted by Gasteiger charge is -2.14. The van der Waals surface area contributed by atoms with E-state index in [4.69, 9.17) is 27.7 Å². The topological polar surface area (TPSA) is 103 Å². The number of hydrogen-bond donors (Lipinski definition) is 3. The number of nitrogens with one attached hydrogen (secondary N) is 2. The molecule has 0 amide bonds. The van der Waals surface area contributed by atoms with E-state index in [1.165, 1.54) is 19.2 Å². The fraction of sp³-hybridized carbons (Fsp3) is 0.227. The fourth-order valence-corrected chi connectivity index (χ4v) is 3.42. The predicted octanol–water partition coefficient (Wildman–Crippen LogP) is 5.01. The molecule has 0 aliphatic heterocycles. The molecule has 0 saturated heterocycles. The van der Waals surface area contributed by atoms with Crippen molar-refractivity contribution in [1.29, 1.82) is 5.41 Å². The van der Waals surface area contributed by atoms with Crippen LogP contribution in [0.3, 0.4) is 0 Å². The van der Waals surface area contributed by atoms with E-state index < -0.39 is 17.5 Å². The standard InChI is InChI=1S/C22H20F3N5O2S/c1-32-19-10-13(23)4-5-16(19)21-17(25)11-27-22(29-21)28-18-9-14(24)7-12(20(18)30-33)8-15(26)3-2-6-31/h4-5,7,9-11,26,31H,2-3,6,8H2,1H3,(H,27,28,29). The van der Waals surface area contributed by atoms with Gasteiger partial charge in [-0.25, -0.2) is 23.1 Å². The largest absolute Gasteiger partial charge is 0.496 e. The number of aliphatic hydroxyl groups excluding tert-OH is 1. The van der Waals surface area contributed by atoms with E-state index in [0.717, 1.165) is 24.4 Å². The minimum absolute atomic E-state index is 0.0559. The third kappa shape index (κ3) is 5.88. The first-order chi connectivity index (χ1) is 15.9. The van der Waals surface area contributed by atoms with Crippen molar-refractivity contribution >= 4 is 35.5 Å². The molecular weight excluding hydrogens is 455 g/mol. The molecule has 0 bridgehead atoms. The monoisotopic (exact) mass is 475 g/mol. The summed E-state index contributed by atoms with van der Waals surface area (Å²) in [4.78, 5) is 8.03. The summed E-state index contributed by atoms with van der Waals surface area (Å²) in [6.45, 7) is -0.0559. The number of nitrogens with zero attached hydrogens (tertiary/aromatic N) is 3. The van der Waals surface area contributed by atoms with Crippen LogP contribution in [-0.2, 0) is 18.8 Å². The van der Waals surface area contributed by atoms with Gasteiger partial charge in [0.05, 0.1) is 19.0 Å². The molecule has 0 spiro atoms. The van der Waals surface area contributed by atoms with Gasteiger partial charge < -0.3 is 20.6 Å². The number of rotatable bonds is 10. The summed E-state index contributed by atoms with van der Waals surface area (Å²) in [5.74, 6) is -1.93. The van der Waals surface area contributed by atoms with Crippen LogP contribution in [0.25, 0.3) is 11.3 Å². The smallest absolute Gasteiger partial charge is 0.227 e. The minimum Gasteiger partial charge on any atom is -0.496 e. The summed E-state index contributed by atoms with van der Waals surface area (Å²) in [7, 11) is 1.32. The van der Waals surface area contributed by atoms with Gasteiger partial charge in [0, 0.05) is 42.8 Å². The van der Waals surface area contributed by atoms with Gasteiger partial charge in [-0.2, -0.15) is 4.36 Å². The zero-order chi connectivity index (χ0) is 24.0. The van der Waals surface area contributed by atoms with Gasteiger partial charge in [-0.1, -0.05) is 0 Å². The molecule has 0 fully saturated rings. The quantitative estimate of drug-likeness (QED) is 0.356. The number of methoxy groups -OCH3 is 1. The van der Waals surface area contributed by atoms with E-state index in [0.29, 0.717) is 18.4 Å². The molecule has 2 aromatic carbocycles. The maximum absolute atomic E-state index is 14.5. The van der Waals surface area contributed by atoms with Gasteiger partial charge in [0.25, 0.3) is 0 Å². The zero-order valence-electron chi connectivity index (χ0n) is 17.5. The van der Waals surface area contributed by atoms with E-state index in [2.05, 4.69) is 19.6 Å². The molecule has 33 heavy (non-hydrogen) atoms. The van der Waals surface area contributed by atoms with E-state index >= 15 is 0 Å². The van der Waals surface area contributed by atoms with Crippen LogP contribution in [-0.4, -0.2) is 34.5 Å². The highest BCUT2D eigenvalue weighted by molar-refractivity contribution is 7.47. The maximum atomic E-state index is 14.5. The second-order valence-corrected chi connectivity index (χ2v) is 7.20. The van der Waals surface area contributed by atoms with Gasteiger partial charge >= 0.3 is 0 Å². The van der Waals surface area contributed by atoms with Crippen LogP contribution in [0.15, 0.2) is 40.9 Å². The van der Waals surface area contributed by atoms with E-state index in [-0.39, 0.29) is 53.1 Å². The highest BCUT2D eigenvalue weighted by Crippen LogP contribution is 2.35. The van der Waals surface area contributed by atoms with Crippen molar-refractivity contribution in [3.63, 3.8) is 0 Å². The molecule has 1 aromatic heterocycles. The van der Waals surface area contributed by atoms with Crippen molar-refractivity contribution in [3.05, 3.63) is 59.5 Å². The van der Waals surface area contributed by atoms with Crippen molar-refractivity contribution in [2.24, 2.45) is 4.36 Å². The Morgan fingerprint density at radius 3 is 2.70 bits per heavy atom. The average Bonchev–Trinajstić information content (AvgIpc) is 2.79. The summed E-state index contributed by atoms with van der Waals surface area (Å²) in [6.07, 6.45) is 1.77. The maximum Gasteiger partial charge on any atom is 0.227 e.